The minimum absolute atomic E-state index is 0.194. The van der Waals surface area contributed by atoms with Gasteiger partial charge in [-0.2, -0.15) is 0 Å². The number of halogens is 3. The molecule has 8 heteroatoms. The maximum absolute atomic E-state index is 12.1. The van der Waals surface area contributed by atoms with E-state index in [9.17, 15) is 4.79 Å². The average Bonchev–Trinajstić information content (AvgIpc) is 2.74. The molecule has 3 aromatic carbocycles. The summed E-state index contributed by atoms with van der Waals surface area (Å²) >= 11 is 15.9. The van der Waals surface area contributed by atoms with E-state index in [1.807, 2.05) is 42.5 Å². The highest BCUT2D eigenvalue weighted by Gasteiger charge is 2.14. The first-order chi connectivity index (χ1) is 14.5. The lowest BCUT2D eigenvalue weighted by Crippen LogP contribution is -2.20. The number of anilines is 2. The molecule has 2 N–H and O–H groups in total. The molecule has 0 unspecified atom stereocenters. The predicted octanol–water partition coefficient (Wildman–Crippen LogP) is 6.39. The van der Waals surface area contributed by atoms with Crippen molar-refractivity contribution < 1.29 is 14.3 Å². The molecule has 3 rings (SSSR count). The number of rotatable bonds is 8. The minimum Gasteiger partial charge on any atom is -0.493 e. The normalized spacial score (nSPS) is 10.4. The molecule has 3 aromatic rings. The van der Waals surface area contributed by atoms with Gasteiger partial charge in [-0.05, 0) is 64.0 Å². The Bertz CT molecular complexity index is 1030. The maximum Gasteiger partial charge on any atom is 0.262 e. The monoisotopic (exact) mass is 508 g/mol. The second-order valence-corrected chi connectivity index (χ2v) is 7.96. The number of carbonyl (C=O) groups is 1. The summed E-state index contributed by atoms with van der Waals surface area (Å²) in [6, 6.07) is 18.3. The van der Waals surface area contributed by atoms with E-state index >= 15 is 0 Å². The Hall–Kier alpha value is -2.41. The van der Waals surface area contributed by atoms with Crippen LogP contribution in [0.4, 0.5) is 11.4 Å². The van der Waals surface area contributed by atoms with Crippen molar-refractivity contribution in [2.45, 2.75) is 6.54 Å². The Morgan fingerprint density at radius 3 is 2.47 bits per heavy atom. The fourth-order valence-corrected chi connectivity index (χ4v) is 3.40. The molecule has 0 aliphatic heterocycles. The molecule has 0 aliphatic carbocycles. The highest BCUT2D eigenvalue weighted by molar-refractivity contribution is 9.10. The molecule has 0 atom stereocenters. The number of benzene rings is 3. The standard InChI is InChI=1S/C22H19BrCl2N2O3/c1-29-20-10-14(12-26-16-7-8-17(23)18(24)11-16)9-19(25)22(20)30-13-21(28)27-15-5-3-2-4-6-15/h2-11,26H,12-13H2,1H3,(H,27,28). The van der Waals surface area contributed by atoms with Crippen molar-refractivity contribution in [3.8, 4) is 11.5 Å². The van der Waals surface area contributed by atoms with Crippen molar-refractivity contribution >= 4 is 56.4 Å². The van der Waals surface area contributed by atoms with Crippen LogP contribution in [0.3, 0.4) is 0 Å². The van der Waals surface area contributed by atoms with Gasteiger partial charge in [-0.15, -0.1) is 0 Å². The summed E-state index contributed by atoms with van der Waals surface area (Å²) in [5.41, 5.74) is 2.45. The Balaban J connectivity index is 1.64. The van der Waals surface area contributed by atoms with Crippen molar-refractivity contribution in [2.75, 3.05) is 24.4 Å². The maximum atomic E-state index is 12.1. The van der Waals surface area contributed by atoms with E-state index in [0.29, 0.717) is 33.8 Å². The summed E-state index contributed by atoms with van der Waals surface area (Å²) in [5.74, 6) is 0.468. The zero-order valence-electron chi connectivity index (χ0n) is 16.0. The topological polar surface area (TPSA) is 59.6 Å². The van der Waals surface area contributed by atoms with Crippen LogP contribution in [0.1, 0.15) is 5.56 Å². The van der Waals surface area contributed by atoms with Gasteiger partial charge in [0.05, 0.1) is 17.2 Å². The molecule has 5 nitrogen and oxygen atoms in total. The third kappa shape index (κ3) is 6.05. The molecule has 1 amide bonds. The predicted molar refractivity (Wildman–Crippen MR) is 125 cm³/mol. The fraction of sp³-hybridized carbons (Fsp3) is 0.136. The van der Waals surface area contributed by atoms with Gasteiger partial charge in [0, 0.05) is 22.4 Å². The van der Waals surface area contributed by atoms with Crippen LogP contribution in [0.5, 0.6) is 11.5 Å². The first kappa shape index (κ1) is 22.3. The third-order valence-corrected chi connectivity index (χ3v) is 5.62. The molecule has 0 radical (unpaired) electrons. The quantitative estimate of drug-likeness (QED) is 0.369. The van der Waals surface area contributed by atoms with Crippen LogP contribution < -0.4 is 20.1 Å². The van der Waals surface area contributed by atoms with Crippen LogP contribution in [-0.4, -0.2) is 19.6 Å². The van der Waals surface area contributed by atoms with Crippen molar-refractivity contribution in [1.29, 1.82) is 0 Å². The van der Waals surface area contributed by atoms with Crippen LogP contribution in [-0.2, 0) is 11.3 Å². The number of nitrogens with one attached hydrogen (secondary N) is 2. The molecule has 0 spiro atoms. The van der Waals surface area contributed by atoms with E-state index in [1.54, 1.807) is 18.2 Å². The molecular formula is C22H19BrCl2N2O3. The molecule has 30 heavy (non-hydrogen) atoms. The number of amides is 1. The summed E-state index contributed by atoms with van der Waals surface area (Å²) in [4.78, 5) is 12.1. The number of ether oxygens (including phenoxy) is 2. The number of carbonyl (C=O) groups excluding carboxylic acids is 1. The van der Waals surface area contributed by atoms with Crippen LogP contribution >= 0.6 is 39.1 Å². The van der Waals surface area contributed by atoms with Gasteiger partial charge in [0.25, 0.3) is 5.91 Å². The van der Waals surface area contributed by atoms with Gasteiger partial charge < -0.3 is 20.1 Å². The number of para-hydroxylation sites is 1. The largest absolute Gasteiger partial charge is 0.493 e. The Morgan fingerprint density at radius 1 is 1.00 bits per heavy atom. The van der Waals surface area contributed by atoms with Gasteiger partial charge in [-0.3, -0.25) is 4.79 Å². The molecule has 0 aliphatic rings. The van der Waals surface area contributed by atoms with E-state index < -0.39 is 0 Å². The second kappa shape index (κ2) is 10.6. The van der Waals surface area contributed by atoms with Crippen molar-refractivity contribution in [2.24, 2.45) is 0 Å². The lowest BCUT2D eigenvalue weighted by atomic mass is 10.2. The summed E-state index contributed by atoms with van der Waals surface area (Å²) < 4.78 is 11.9. The van der Waals surface area contributed by atoms with Crippen LogP contribution in [0.25, 0.3) is 0 Å². The number of hydrogen-bond donors (Lipinski definition) is 2. The third-order valence-electron chi connectivity index (χ3n) is 4.11. The highest BCUT2D eigenvalue weighted by Crippen LogP contribution is 2.36. The van der Waals surface area contributed by atoms with Crippen molar-refractivity contribution in [3.05, 3.63) is 80.7 Å². The van der Waals surface area contributed by atoms with Crippen LogP contribution in [0.2, 0.25) is 10.0 Å². The minimum atomic E-state index is -0.294. The van der Waals surface area contributed by atoms with Gasteiger partial charge in [0.1, 0.15) is 0 Å². The van der Waals surface area contributed by atoms with E-state index in [0.717, 1.165) is 15.7 Å². The Morgan fingerprint density at radius 2 is 1.77 bits per heavy atom. The zero-order valence-corrected chi connectivity index (χ0v) is 19.1. The number of hydrogen-bond acceptors (Lipinski definition) is 4. The highest BCUT2D eigenvalue weighted by atomic mass is 79.9. The molecule has 0 saturated heterocycles. The van der Waals surface area contributed by atoms with Gasteiger partial charge in [-0.25, -0.2) is 0 Å². The summed E-state index contributed by atoms with van der Waals surface area (Å²) in [6.07, 6.45) is 0. The van der Waals surface area contributed by atoms with Crippen LogP contribution in [0.15, 0.2) is 65.1 Å². The summed E-state index contributed by atoms with van der Waals surface area (Å²) in [6.45, 7) is 0.308. The second-order valence-electron chi connectivity index (χ2n) is 6.29. The Kier molecular flexibility index (Phi) is 7.85. The van der Waals surface area contributed by atoms with Crippen molar-refractivity contribution in [3.63, 3.8) is 0 Å². The van der Waals surface area contributed by atoms with Crippen molar-refractivity contribution in [1.82, 2.24) is 0 Å². The fourth-order valence-electron chi connectivity index (χ4n) is 2.68. The van der Waals surface area contributed by atoms with E-state index in [-0.39, 0.29) is 12.5 Å². The average molecular weight is 510 g/mol. The van der Waals surface area contributed by atoms with Gasteiger partial charge >= 0.3 is 0 Å². The molecule has 0 aromatic heterocycles. The zero-order chi connectivity index (χ0) is 21.5. The van der Waals surface area contributed by atoms with E-state index in [2.05, 4.69) is 26.6 Å². The Labute approximate surface area is 193 Å². The first-order valence-electron chi connectivity index (χ1n) is 8.99. The smallest absolute Gasteiger partial charge is 0.262 e. The molecule has 0 heterocycles. The SMILES string of the molecule is COc1cc(CNc2ccc(Br)c(Cl)c2)cc(Cl)c1OCC(=O)Nc1ccccc1. The van der Waals surface area contributed by atoms with Crippen LogP contribution in [0, 0.1) is 0 Å². The first-order valence-corrected chi connectivity index (χ1v) is 10.5. The van der Waals surface area contributed by atoms with Gasteiger partial charge in [0.2, 0.25) is 0 Å². The lowest BCUT2D eigenvalue weighted by Gasteiger charge is -2.15. The molecular weight excluding hydrogens is 491 g/mol. The molecule has 0 saturated carbocycles. The molecule has 0 fully saturated rings. The lowest BCUT2D eigenvalue weighted by molar-refractivity contribution is -0.118. The van der Waals surface area contributed by atoms with E-state index in [4.69, 9.17) is 32.7 Å². The van der Waals surface area contributed by atoms with E-state index in [1.165, 1.54) is 7.11 Å². The summed E-state index contributed by atoms with van der Waals surface area (Å²) in [5, 5.41) is 7.01. The summed E-state index contributed by atoms with van der Waals surface area (Å²) in [7, 11) is 1.52. The molecule has 156 valence electrons. The number of methoxy groups -OCH3 is 1. The van der Waals surface area contributed by atoms with Gasteiger partial charge in [0.15, 0.2) is 18.1 Å². The molecule has 0 bridgehead atoms. The van der Waals surface area contributed by atoms with Gasteiger partial charge in [-0.1, -0.05) is 41.4 Å².